The molecule has 0 unspecified atom stereocenters. The van der Waals surface area contributed by atoms with E-state index in [9.17, 15) is 4.79 Å². The largest absolute Gasteiger partial charge is 0.457 e. The highest BCUT2D eigenvalue weighted by molar-refractivity contribution is 7.98. The SMILES string of the molecule is Cn1ccnc1SCc1ccc(C(=O)NCc2ccc(Oc3ccccc3)cc2)o1. The number of aryl methyl sites for hydroxylation is 1. The maximum Gasteiger partial charge on any atom is 0.287 e. The topological polar surface area (TPSA) is 69.3 Å². The molecule has 0 radical (unpaired) electrons. The van der Waals surface area contributed by atoms with Crippen LogP contribution in [0.3, 0.4) is 0 Å². The van der Waals surface area contributed by atoms with Gasteiger partial charge >= 0.3 is 0 Å². The Morgan fingerprint density at radius 2 is 1.83 bits per heavy atom. The molecule has 1 N–H and O–H groups in total. The molecule has 4 aromatic rings. The number of aromatic nitrogens is 2. The van der Waals surface area contributed by atoms with E-state index in [1.165, 1.54) is 0 Å². The van der Waals surface area contributed by atoms with E-state index >= 15 is 0 Å². The van der Waals surface area contributed by atoms with Crippen molar-refractivity contribution in [3.05, 3.63) is 96.2 Å². The van der Waals surface area contributed by atoms with Gasteiger partial charge < -0.3 is 19.0 Å². The van der Waals surface area contributed by atoms with Gasteiger partial charge in [0.25, 0.3) is 5.91 Å². The molecule has 0 aliphatic rings. The first kappa shape index (κ1) is 19.8. The molecule has 0 bridgehead atoms. The average molecular weight is 420 g/mol. The van der Waals surface area contributed by atoms with Gasteiger partial charge in [0.05, 0.1) is 5.75 Å². The summed E-state index contributed by atoms with van der Waals surface area (Å²) in [5.41, 5.74) is 0.973. The maximum atomic E-state index is 12.4. The summed E-state index contributed by atoms with van der Waals surface area (Å²) in [6, 6.07) is 20.7. The van der Waals surface area contributed by atoms with Crippen LogP contribution in [0.5, 0.6) is 11.5 Å². The highest BCUT2D eigenvalue weighted by atomic mass is 32.2. The number of furan rings is 1. The molecule has 0 saturated carbocycles. The number of hydrogen-bond donors (Lipinski definition) is 1. The molecule has 2 aromatic carbocycles. The van der Waals surface area contributed by atoms with E-state index in [1.54, 1.807) is 24.0 Å². The number of benzene rings is 2. The number of thioether (sulfide) groups is 1. The van der Waals surface area contributed by atoms with Gasteiger partial charge in [-0.05, 0) is 42.0 Å². The standard InChI is InChI=1S/C23H21N3O3S/c1-26-14-13-24-23(26)30-16-20-11-12-21(29-20)22(27)25-15-17-7-9-19(10-8-17)28-18-5-3-2-4-6-18/h2-14H,15-16H2,1H3,(H,25,27). The van der Waals surface area contributed by atoms with Crippen molar-refractivity contribution >= 4 is 17.7 Å². The normalized spacial score (nSPS) is 10.7. The van der Waals surface area contributed by atoms with Gasteiger partial charge in [-0.1, -0.05) is 42.1 Å². The van der Waals surface area contributed by atoms with Crippen molar-refractivity contribution in [2.45, 2.75) is 17.5 Å². The minimum Gasteiger partial charge on any atom is -0.457 e. The van der Waals surface area contributed by atoms with E-state index in [-0.39, 0.29) is 5.91 Å². The fraction of sp³-hybridized carbons (Fsp3) is 0.130. The molecule has 0 saturated heterocycles. The summed E-state index contributed by atoms with van der Waals surface area (Å²) >= 11 is 1.56. The van der Waals surface area contributed by atoms with Gasteiger partial charge in [0.15, 0.2) is 10.9 Å². The van der Waals surface area contributed by atoms with Crippen molar-refractivity contribution in [3.63, 3.8) is 0 Å². The van der Waals surface area contributed by atoms with Gasteiger partial charge in [0, 0.05) is 26.0 Å². The van der Waals surface area contributed by atoms with E-state index in [4.69, 9.17) is 9.15 Å². The molecule has 2 aromatic heterocycles. The Morgan fingerprint density at radius 1 is 1.07 bits per heavy atom. The van der Waals surface area contributed by atoms with Crippen LogP contribution in [-0.2, 0) is 19.3 Å². The lowest BCUT2D eigenvalue weighted by Crippen LogP contribution is -2.22. The lowest BCUT2D eigenvalue weighted by molar-refractivity contribution is 0.0922. The number of carbonyl (C=O) groups excluding carboxylic acids is 1. The van der Waals surface area contributed by atoms with Crippen molar-refractivity contribution in [2.75, 3.05) is 0 Å². The van der Waals surface area contributed by atoms with Gasteiger partial charge in [-0.15, -0.1) is 0 Å². The summed E-state index contributed by atoms with van der Waals surface area (Å²) in [4.78, 5) is 16.6. The number of hydrogen-bond acceptors (Lipinski definition) is 5. The molecule has 4 rings (SSSR count). The molecule has 7 heteroatoms. The van der Waals surface area contributed by atoms with E-state index < -0.39 is 0 Å². The fourth-order valence-electron chi connectivity index (χ4n) is 2.77. The molecule has 0 fully saturated rings. The zero-order chi connectivity index (χ0) is 20.8. The molecule has 30 heavy (non-hydrogen) atoms. The molecule has 152 valence electrons. The molecule has 0 atom stereocenters. The fourth-order valence-corrected chi connectivity index (χ4v) is 3.60. The van der Waals surface area contributed by atoms with Crippen LogP contribution in [0.15, 0.2) is 88.7 Å². The quantitative estimate of drug-likeness (QED) is 0.406. The minimum atomic E-state index is -0.243. The number of nitrogens with zero attached hydrogens (tertiary/aromatic N) is 2. The molecule has 0 spiro atoms. The van der Waals surface area contributed by atoms with E-state index in [2.05, 4.69) is 10.3 Å². The Labute approximate surface area is 178 Å². The number of ether oxygens (including phenoxy) is 1. The monoisotopic (exact) mass is 419 g/mol. The van der Waals surface area contributed by atoms with Crippen LogP contribution < -0.4 is 10.1 Å². The van der Waals surface area contributed by atoms with Crippen molar-refractivity contribution in [1.82, 2.24) is 14.9 Å². The van der Waals surface area contributed by atoms with Crippen LogP contribution in [0.25, 0.3) is 0 Å². The molecule has 6 nitrogen and oxygen atoms in total. The summed E-state index contributed by atoms with van der Waals surface area (Å²) < 4.78 is 13.4. The second-order valence-corrected chi connectivity index (χ2v) is 7.56. The molecular weight excluding hydrogens is 398 g/mol. The first-order valence-electron chi connectivity index (χ1n) is 9.46. The molecular formula is C23H21N3O3S. The minimum absolute atomic E-state index is 0.243. The third kappa shape index (κ3) is 5.12. The average Bonchev–Trinajstić information content (AvgIpc) is 3.41. The lowest BCUT2D eigenvalue weighted by Gasteiger charge is -2.07. The molecule has 1 amide bonds. The molecule has 0 aliphatic carbocycles. The van der Waals surface area contributed by atoms with Gasteiger partial charge in [0.2, 0.25) is 0 Å². The van der Waals surface area contributed by atoms with E-state index in [1.807, 2.05) is 78.5 Å². The van der Waals surface area contributed by atoms with Crippen molar-refractivity contribution < 1.29 is 13.9 Å². The van der Waals surface area contributed by atoms with Crippen LogP contribution in [0.2, 0.25) is 0 Å². The summed E-state index contributed by atoms with van der Waals surface area (Å²) in [6.07, 6.45) is 3.65. The van der Waals surface area contributed by atoms with Crippen LogP contribution in [0.1, 0.15) is 21.9 Å². The third-order valence-corrected chi connectivity index (χ3v) is 5.44. The van der Waals surface area contributed by atoms with Crippen molar-refractivity contribution in [1.29, 1.82) is 0 Å². The number of para-hydroxylation sites is 1. The van der Waals surface area contributed by atoms with Crippen LogP contribution in [0.4, 0.5) is 0 Å². The summed E-state index contributed by atoms with van der Waals surface area (Å²) in [6.45, 7) is 0.405. The van der Waals surface area contributed by atoms with Gasteiger partial charge in [-0.3, -0.25) is 4.79 Å². The molecule has 2 heterocycles. The second kappa shape index (κ2) is 9.37. The lowest BCUT2D eigenvalue weighted by atomic mass is 10.2. The van der Waals surface area contributed by atoms with Crippen LogP contribution in [-0.4, -0.2) is 15.5 Å². The van der Waals surface area contributed by atoms with Crippen LogP contribution >= 0.6 is 11.8 Å². The predicted molar refractivity (Wildman–Crippen MR) is 116 cm³/mol. The summed E-state index contributed by atoms with van der Waals surface area (Å²) in [5, 5.41) is 3.78. The third-order valence-electron chi connectivity index (χ3n) is 4.36. The number of imidazole rings is 1. The Kier molecular flexibility index (Phi) is 6.20. The Morgan fingerprint density at radius 3 is 2.57 bits per heavy atom. The Balaban J connectivity index is 1.27. The van der Waals surface area contributed by atoms with E-state index in [0.29, 0.717) is 18.1 Å². The number of amides is 1. The molecule has 0 aliphatic heterocycles. The highest BCUT2D eigenvalue weighted by Gasteiger charge is 2.12. The first-order chi connectivity index (χ1) is 14.7. The summed E-state index contributed by atoms with van der Waals surface area (Å²) in [5.74, 6) is 2.93. The number of rotatable bonds is 8. The van der Waals surface area contributed by atoms with Gasteiger partial charge in [-0.25, -0.2) is 4.98 Å². The zero-order valence-electron chi connectivity index (χ0n) is 16.4. The van der Waals surface area contributed by atoms with E-state index in [0.717, 1.165) is 28.0 Å². The number of carbonyl (C=O) groups is 1. The Bertz CT molecular complexity index is 1100. The highest BCUT2D eigenvalue weighted by Crippen LogP contribution is 2.23. The Hall–Kier alpha value is -3.45. The smallest absolute Gasteiger partial charge is 0.287 e. The van der Waals surface area contributed by atoms with Crippen molar-refractivity contribution in [2.24, 2.45) is 7.05 Å². The first-order valence-corrected chi connectivity index (χ1v) is 10.4. The van der Waals surface area contributed by atoms with Gasteiger partial charge in [-0.2, -0.15) is 0 Å². The zero-order valence-corrected chi connectivity index (χ0v) is 17.3. The second-order valence-electron chi connectivity index (χ2n) is 6.62. The predicted octanol–water partition coefficient (Wildman–Crippen LogP) is 5.03. The number of nitrogens with one attached hydrogen (secondary N) is 1. The van der Waals surface area contributed by atoms with Crippen molar-refractivity contribution in [3.8, 4) is 11.5 Å². The van der Waals surface area contributed by atoms with Crippen LogP contribution in [0, 0.1) is 0 Å². The maximum absolute atomic E-state index is 12.4. The summed E-state index contributed by atoms with van der Waals surface area (Å²) in [7, 11) is 1.94. The van der Waals surface area contributed by atoms with Gasteiger partial charge in [0.1, 0.15) is 17.3 Å².